The van der Waals surface area contributed by atoms with Gasteiger partial charge in [-0.3, -0.25) is 0 Å². The Labute approximate surface area is 50.5 Å². The van der Waals surface area contributed by atoms with Crippen molar-refractivity contribution < 1.29 is 32.9 Å². The molecule has 6 heavy (non-hydrogen) atoms. The summed E-state index contributed by atoms with van der Waals surface area (Å²) < 4.78 is 25.8. The van der Waals surface area contributed by atoms with E-state index in [2.05, 4.69) is 0 Å². The monoisotopic (exact) mass is 277 g/mol. The van der Waals surface area contributed by atoms with Gasteiger partial charge in [0.1, 0.15) is 0 Å². The molecule has 4 nitrogen and oxygen atoms in total. The van der Waals surface area contributed by atoms with Crippen molar-refractivity contribution in [2.24, 2.45) is 0 Å². The fourth-order valence-electron chi connectivity index (χ4n) is 0. The van der Waals surface area contributed by atoms with Gasteiger partial charge < -0.3 is 5.48 Å². The van der Waals surface area contributed by atoms with Gasteiger partial charge in [0.2, 0.25) is 0 Å². The molecule has 0 saturated heterocycles. The molecule has 0 aliphatic rings. The Kier molecular flexibility index (Phi) is 24.3. The van der Waals surface area contributed by atoms with Gasteiger partial charge in [-0.25, -0.2) is 0 Å². The molecule has 0 heterocycles. The van der Waals surface area contributed by atoms with Crippen LogP contribution in [0.15, 0.2) is 0 Å². The minimum atomic E-state index is -4.28. The fourth-order valence-corrected chi connectivity index (χ4v) is 0. The molecule has 2 N–H and O–H groups in total. The van der Waals surface area contributed by atoms with E-state index >= 15 is 0 Å². The molecule has 6 heteroatoms. The molecular weight excluding hydrogens is 275 g/mol. The van der Waals surface area contributed by atoms with Crippen LogP contribution in [-0.4, -0.2) is 22.8 Å². The summed E-state index contributed by atoms with van der Waals surface area (Å²) in [5.74, 6) is 0. The first-order valence-corrected chi connectivity index (χ1v) is 4.09. The molecule has 0 aromatic heterocycles. The van der Waals surface area contributed by atoms with Crippen molar-refractivity contribution in [1.82, 2.24) is 0 Å². The van der Waals surface area contributed by atoms with Gasteiger partial charge in [0.05, 0.1) is 0 Å². The summed E-state index contributed by atoms with van der Waals surface area (Å²) in [5.41, 5.74) is 0. The van der Waals surface area contributed by atoms with Crippen molar-refractivity contribution in [2.75, 3.05) is 0 Å². The zero-order valence-corrected chi connectivity index (χ0v) is 6.80. The Bertz CT molecular complexity index is 76.9. The molecule has 0 aromatic rings. The summed E-state index contributed by atoms with van der Waals surface area (Å²) in [6.45, 7) is 0. The van der Waals surface area contributed by atoms with Gasteiger partial charge >= 0.3 is 27.4 Å². The summed E-state index contributed by atoms with van der Waals surface area (Å²) >= 11 is -4.28. The van der Waals surface area contributed by atoms with Crippen LogP contribution in [0.3, 0.4) is 0 Å². The van der Waals surface area contributed by atoms with Gasteiger partial charge in [-0.15, -0.1) is 0 Å². The van der Waals surface area contributed by atoms with E-state index in [0.29, 0.717) is 0 Å². The number of hydrogen-bond donors (Lipinski definition) is 0. The molecule has 0 unspecified atom stereocenters. The number of hydrogen-bond acceptors (Lipinski definition) is 3. The van der Waals surface area contributed by atoms with Gasteiger partial charge in [0.25, 0.3) is 0 Å². The zero-order chi connectivity index (χ0) is 3.58. The van der Waals surface area contributed by atoms with E-state index in [1.807, 2.05) is 0 Å². The average Bonchev–Trinajstić information content (AvgIpc) is 0.811. The first kappa shape index (κ1) is 16.0. The van der Waals surface area contributed by atoms with Crippen LogP contribution in [0.4, 0.5) is 0 Å². The van der Waals surface area contributed by atoms with E-state index in [9.17, 15) is 0 Å². The summed E-state index contributed by atoms with van der Waals surface area (Å²) in [4.78, 5) is 0. The Morgan fingerprint density at radius 1 is 1.00 bits per heavy atom. The molecule has 0 aromatic carbocycles. The number of rotatable bonds is 0. The van der Waals surface area contributed by atoms with Crippen LogP contribution >= 0.6 is 0 Å². The van der Waals surface area contributed by atoms with E-state index in [-0.39, 0.29) is 22.8 Å². The Balaban J connectivity index is -0.0000000450. The Hall–Kier alpha value is 0.581. The van der Waals surface area contributed by atoms with Crippen LogP contribution in [0.5, 0.6) is 0 Å². The maximum atomic E-state index is 8.61. The molecule has 0 fully saturated rings. The summed E-state index contributed by atoms with van der Waals surface area (Å²) in [6.07, 6.45) is 0. The van der Waals surface area contributed by atoms with Crippen molar-refractivity contribution in [3.05, 3.63) is 0 Å². The van der Waals surface area contributed by atoms with Crippen molar-refractivity contribution in [3.8, 4) is 0 Å². The van der Waals surface area contributed by atoms with Crippen LogP contribution in [0.1, 0.15) is 0 Å². The molecule has 0 aliphatic carbocycles. The second kappa shape index (κ2) is 9.13. The fraction of sp³-hybridized carbons (Fsp3) is 0. The summed E-state index contributed by atoms with van der Waals surface area (Å²) in [5, 5.41) is 0. The third-order valence-electron chi connectivity index (χ3n) is 0. The molecule has 0 bridgehead atoms. The van der Waals surface area contributed by atoms with Crippen LogP contribution in [0, 0.1) is 0 Å². The molecular formula is H2AlO4W. The zero-order valence-electron chi connectivity index (χ0n) is 2.71. The Morgan fingerprint density at radius 3 is 1.00 bits per heavy atom. The van der Waals surface area contributed by atoms with Crippen LogP contribution in [0.2, 0.25) is 0 Å². The molecule has 0 atom stereocenters. The quantitative estimate of drug-likeness (QED) is 0.502. The summed E-state index contributed by atoms with van der Waals surface area (Å²) in [6, 6.07) is 0. The SMILES string of the molecule is O.[Al].[O]=[W](=[O])=[O]. The molecule has 0 aliphatic heterocycles. The van der Waals surface area contributed by atoms with E-state index in [1.165, 1.54) is 0 Å². The maximum absolute atomic E-state index is 8.61. The predicted octanol–water partition coefficient (Wildman–Crippen LogP) is -1.56. The van der Waals surface area contributed by atoms with Crippen molar-refractivity contribution in [1.29, 1.82) is 0 Å². The van der Waals surface area contributed by atoms with Gasteiger partial charge in [-0.2, -0.15) is 0 Å². The average molecular weight is 277 g/mol. The van der Waals surface area contributed by atoms with Crippen molar-refractivity contribution in [2.45, 2.75) is 0 Å². The van der Waals surface area contributed by atoms with Crippen LogP contribution in [0.25, 0.3) is 0 Å². The molecule has 0 amide bonds. The van der Waals surface area contributed by atoms with Crippen LogP contribution in [-0.2, 0) is 27.4 Å². The van der Waals surface area contributed by atoms with Gasteiger partial charge in [-0.1, -0.05) is 0 Å². The Morgan fingerprint density at radius 2 is 1.00 bits per heavy atom. The second-order valence-electron chi connectivity index (χ2n) is 0.204. The van der Waals surface area contributed by atoms with Gasteiger partial charge in [-0.05, 0) is 0 Å². The predicted molar refractivity (Wildman–Crippen MR) is 11.4 cm³/mol. The van der Waals surface area contributed by atoms with E-state index in [1.54, 1.807) is 0 Å². The van der Waals surface area contributed by atoms with Crippen LogP contribution < -0.4 is 0 Å². The first-order valence-electron chi connectivity index (χ1n) is 0.500. The molecule has 3 radical (unpaired) electrons. The third kappa shape index (κ3) is 174. The topological polar surface area (TPSA) is 82.7 Å². The van der Waals surface area contributed by atoms with E-state index in [0.717, 1.165) is 0 Å². The normalized spacial score (nSPS) is 4.00. The van der Waals surface area contributed by atoms with Crippen molar-refractivity contribution >= 4 is 17.4 Å². The van der Waals surface area contributed by atoms with E-state index < -0.39 is 17.2 Å². The molecule has 0 spiro atoms. The molecule has 0 saturated carbocycles. The molecule has 35 valence electrons. The third-order valence-corrected chi connectivity index (χ3v) is 0. The van der Waals surface area contributed by atoms with E-state index in [4.69, 9.17) is 10.2 Å². The van der Waals surface area contributed by atoms with Gasteiger partial charge in [0, 0.05) is 17.4 Å². The minimum absolute atomic E-state index is 0. The standard InChI is InChI=1S/Al.H2O.3O.W/h;1H2;;;;. The second-order valence-corrected chi connectivity index (χ2v) is 1.67. The summed E-state index contributed by atoms with van der Waals surface area (Å²) in [7, 11) is 0. The van der Waals surface area contributed by atoms with Gasteiger partial charge in [0.15, 0.2) is 0 Å². The van der Waals surface area contributed by atoms with Crippen molar-refractivity contribution in [3.63, 3.8) is 0 Å². The first-order chi connectivity index (χ1) is 1.73. The molecule has 0 rings (SSSR count).